The maximum absolute atomic E-state index is 12.4. The molecule has 1 atom stereocenters. The van der Waals surface area contributed by atoms with Gasteiger partial charge in [-0.05, 0) is 66.2 Å². The predicted octanol–water partition coefficient (Wildman–Crippen LogP) is 4.42. The number of carbonyl (C=O) groups is 1. The third-order valence-corrected chi connectivity index (χ3v) is 3.65. The van der Waals surface area contributed by atoms with Crippen LogP contribution in [0.4, 0.5) is 4.79 Å². The van der Waals surface area contributed by atoms with E-state index in [4.69, 9.17) is 21.1 Å². The van der Waals surface area contributed by atoms with Crippen molar-refractivity contribution >= 4 is 17.7 Å². The van der Waals surface area contributed by atoms with E-state index in [9.17, 15) is 9.90 Å². The van der Waals surface area contributed by atoms with E-state index < -0.39 is 23.3 Å². The first kappa shape index (κ1) is 21.6. The Labute approximate surface area is 155 Å². The second kappa shape index (κ2) is 8.28. The minimum Gasteiger partial charge on any atom is -0.489 e. The molecule has 0 saturated carbocycles. The molecule has 142 valence electrons. The topological polar surface area (TPSA) is 59.0 Å². The Morgan fingerprint density at radius 1 is 1.24 bits per heavy atom. The van der Waals surface area contributed by atoms with Gasteiger partial charge in [-0.15, -0.1) is 0 Å². The molecule has 1 amide bonds. The largest absolute Gasteiger partial charge is 0.489 e. The average molecular weight is 372 g/mol. The number of nitrogens with zero attached hydrogens (tertiary/aromatic N) is 1. The van der Waals surface area contributed by atoms with E-state index in [-0.39, 0.29) is 13.2 Å². The van der Waals surface area contributed by atoms with Crippen molar-refractivity contribution in [2.24, 2.45) is 0 Å². The highest BCUT2D eigenvalue weighted by atomic mass is 35.5. The number of rotatable bonds is 5. The summed E-state index contributed by atoms with van der Waals surface area (Å²) in [5.41, 5.74) is -0.0829. The lowest BCUT2D eigenvalue weighted by atomic mass is 10.1. The van der Waals surface area contributed by atoms with Crippen LogP contribution in [0.25, 0.3) is 0 Å². The van der Waals surface area contributed by atoms with E-state index >= 15 is 0 Å². The van der Waals surface area contributed by atoms with Gasteiger partial charge in [0.25, 0.3) is 0 Å². The summed E-state index contributed by atoms with van der Waals surface area (Å²) in [7, 11) is 0. The minimum absolute atomic E-state index is 0.0263. The third kappa shape index (κ3) is 7.53. The molecule has 0 heterocycles. The summed E-state index contributed by atoms with van der Waals surface area (Å²) in [4.78, 5) is 13.9. The van der Waals surface area contributed by atoms with Crippen LogP contribution < -0.4 is 4.74 Å². The lowest BCUT2D eigenvalue weighted by Crippen LogP contribution is -2.51. The van der Waals surface area contributed by atoms with Crippen LogP contribution in [0.3, 0.4) is 0 Å². The average Bonchev–Trinajstić information content (AvgIpc) is 2.42. The molecular formula is C19H30ClNO4. The van der Waals surface area contributed by atoms with Gasteiger partial charge in [0.05, 0.1) is 11.6 Å². The molecule has 0 spiro atoms. The SMILES string of the molecule is Cc1ccc(Cl)c(OCC(O)CN(C(=O)OC(C)(C)C)C(C)(C)C)c1. The third-order valence-electron chi connectivity index (χ3n) is 3.33. The molecule has 0 radical (unpaired) electrons. The van der Waals surface area contributed by atoms with E-state index in [1.807, 2.05) is 60.6 Å². The Balaban J connectivity index is 2.74. The van der Waals surface area contributed by atoms with Crippen molar-refractivity contribution in [1.82, 2.24) is 4.90 Å². The van der Waals surface area contributed by atoms with Gasteiger partial charge < -0.3 is 19.5 Å². The Hall–Kier alpha value is -1.46. The molecule has 25 heavy (non-hydrogen) atoms. The number of benzene rings is 1. The summed E-state index contributed by atoms with van der Waals surface area (Å²) in [5, 5.41) is 10.8. The van der Waals surface area contributed by atoms with Crippen molar-refractivity contribution in [3.05, 3.63) is 28.8 Å². The number of aliphatic hydroxyl groups is 1. The first-order valence-corrected chi connectivity index (χ1v) is 8.75. The lowest BCUT2D eigenvalue weighted by molar-refractivity contribution is -0.0131. The monoisotopic (exact) mass is 371 g/mol. The van der Waals surface area contributed by atoms with Crippen LogP contribution in [0.2, 0.25) is 5.02 Å². The maximum atomic E-state index is 12.4. The quantitative estimate of drug-likeness (QED) is 0.832. The standard InChI is InChI=1S/C19H30ClNO4/c1-13-8-9-15(20)16(10-13)24-12-14(22)11-21(18(2,3)4)17(23)25-19(5,6)7/h8-10,14,22H,11-12H2,1-7H3. The lowest BCUT2D eigenvalue weighted by Gasteiger charge is -2.37. The van der Waals surface area contributed by atoms with Crippen molar-refractivity contribution in [1.29, 1.82) is 0 Å². The normalized spacial score (nSPS) is 13.3. The highest BCUT2D eigenvalue weighted by molar-refractivity contribution is 6.32. The molecule has 6 heteroatoms. The Kier molecular flexibility index (Phi) is 7.15. The number of hydrogen-bond acceptors (Lipinski definition) is 4. The Bertz CT molecular complexity index is 590. The number of amides is 1. The highest BCUT2D eigenvalue weighted by Gasteiger charge is 2.32. The van der Waals surface area contributed by atoms with Gasteiger partial charge in [0, 0.05) is 5.54 Å². The summed E-state index contributed by atoms with van der Waals surface area (Å²) >= 11 is 6.09. The molecule has 0 aliphatic carbocycles. The van der Waals surface area contributed by atoms with Crippen LogP contribution in [-0.4, -0.2) is 46.5 Å². The number of β-amino-alcohol motifs (C(OH)–C–C–N with tert-alkyl or cyclic N) is 1. The van der Waals surface area contributed by atoms with Crippen molar-refractivity contribution in [2.45, 2.75) is 65.7 Å². The molecular weight excluding hydrogens is 342 g/mol. The molecule has 0 aliphatic rings. The molecule has 5 nitrogen and oxygen atoms in total. The van der Waals surface area contributed by atoms with Crippen LogP contribution in [0.15, 0.2) is 18.2 Å². The van der Waals surface area contributed by atoms with Gasteiger partial charge in [0.15, 0.2) is 0 Å². The fraction of sp³-hybridized carbons (Fsp3) is 0.632. The second-order valence-corrected chi connectivity index (χ2v) is 8.57. The molecule has 0 aliphatic heterocycles. The zero-order valence-corrected chi connectivity index (χ0v) is 17.0. The minimum atomic E-state index is -0.872. The van der Waals surface area contributed by atoms with Gasteiger partial charge in [-0.2, -0.15) is 0 Å². The van der Waals surface area contributed by atoms with Gasteiger partial charge in [-0.1, -0.05) is 17.7 Å². The number of ether oxygens (including phenoxy) is 2. The first-order chi connectivity index (χ1) is 11.3. The number of halogens is 1. The number of aryl methyl sites for hydroxylation is 1. The van der Waals surface area contributed by atoms with E-state index in [0.29, 0.717) is 10.8 Å². The summed E-state index contributed by atoms with van der Waals surface area (Å²) in [6.07, 6.45) is -1.34. The fourth-order valence-electron chi connectivity index (χ4n) is 2.11. The Morgan fingerprint density at radius 3 is 2.36 bits per heavy atom. The molecule has 1 rings (SSSR count). The van der Waals surface area contributed by atoms with Crippen LogP contribution in [0.5, 0.6) is 5.75 Å². The first-order valence-electron chi connectivity index (χ1n) is 8.37. The van der Waals surface area contributed by atoms with Crippen molar-refractivity contribution in [3.63, 3.8) is 0 Å². The van der Waals surface area contributed by atoms with Gasteiger partial charge in [0.2, 0.25) is 0 Å². The molecule has 1 unspecified atom stereocenters. The molecule has 1 aromatic carbocycles. The smallest absolute Gasteiger partial charge is 0.410 e. The van der Waals surface area contributed by atoms with Gasteiger partial charge in [-0.25, -0.2) is 4.79 Å². The van der Waals surface area contributed by atoms with Crippen LogP contribution in [0.1, 0.15) is 47.1 Å². The molecule has 0 bridgehead atoms. The summed E-state index contributed by atoms with van der Waals surface area (Å²) in [5.74, 6) is 0.514. The van der Waals surface area contributed by atoms with Crippen LogP contribution in [-0.2, 0) is 4.74 Å². The molecule has 1 N–H and O–H groups in total. The molecule has 0 aromatic heterocycles. The Morgan fingerprint density at radius 2 is 1.84 bits per heavy atom. The van der Waals surface area contributed by atoms with Crippen molar-refractivity contribution in [2.75, 3.05) is 13.2 Å². The number of hydrogen-bond donors (Lipinski definition) is 1. The highest BCUT2D eigenvalue weighted by Crippen LogP contribution is 2.25. The van der Waals surface area contributed by atoms with Crippen LogP contribution >= 0.6 is 11.6 Å². The second-order valence-electron chi connectivity index (χ2n) is 8.16. The maximum Gasteiger partial charge on any atom is 0.410 e. The zero-order valence-electron chi connectivity index (χ0n) is 16.2. The van der Waals surface area contributed by atoms with Gasteiger partial charge in [0.1, 0.15) is 24.1 Å². The van der Waals surface area contributed by atoms with E-state index in [1.165, 1.54) is 4.90 Å². The predicted molar refractivity (Wildman–Crippen MR) is 100 cm³/mol. The number of aliphatic hydroxyl groups excluding tert-OH is 1. The van der Waals surface area contributed by atoms with Crippen molar-refractivity contribution < 1.29 is 19.4 Å². The van der Waals surface area contributed by atoms with Gasteiger partial charge in [-0.3, -0.25) is 0 Å². The van der Waals surface area contributed by atoms with E-state index in [0.717, 1.165) is 5.56 Å². The fourth-order valence-corrected chi connectivity index (χ4v) is 2.28. The number of carbonyl (C=O) groups excluding carboxylic acids is 1. The van der Waals surface area contributed by atoms with Crippen LogP contribution in [0, 0.1) is 6.92 Å². The summed E-state index contributed by atoms with van der Waals surface area (Å²) < 4.78 is 11.1. The molecule has 0 saturated heterocycles. The van der Waals surface area contributed by atoms with Gasteiger partial charge >= 0.3 is 6.09 Å². The zero-order chi connectivity index (χ0) is 19.4. The summed E-state index contributed by atoms with van der Waals surface area (Å²) in [6, 6.07) is 5.45. The molecule has 1 aromatic rings. The van der Waals surface area contributed by atoms with Crippen molar-refractivity contribution in [3.8, 4) is 5.75 Å². The van der Waals surface area contributed by atoms with E-state index in [1.54, 1.807) is 6.07 Å². The summed E-state index contributed by atoms with van der Waals surface area (Å²) in [6.45, 7) is 13.2. The van der Waals surface area contributed by atoms with E-state index in [2.05, 4.69) is 0 Å². The molecule has 0 fully saturated rings.